The highest BCUT2D eigenvalue weighted by molar-refractivity contribution is 7.88. The molecule has 1 aromatic carbocycles. The molecule has 40 heavy (non-hydrogen) atoms. The third kappa shape index (κ3) is 7.38. The zero-order valence-electron chi connectivity index (χ0n) is 21.8. The molecule has 0 unspecified atom stereocenters. The molecule has 3 aromatic rings. The van der Waals surface area contributed by atoms with Gasteiger partial charge in [0.05, 0.1) is 59.9 Å². The van der Waals surface area contributed by atoms with E-state index in [1.807, 2.05) is 0 Å². The van der Waals surface area contributed by atoms with Crippen LogP contribution in [0.3, 0.4) is 0 Å². The van der Waals surface area contributed by atoms with Crippen LogP contribution in [0.2, 0.25) is 0 Å². The number of rotatable bonds is 11. The number of benzene rings is 1. The molecule has 1 aliphatic rings. The lowest BCUT2D eigenvalue weighted by Crippen LogP contribution is -2.50. The van der Waals surface area contributed by atoms with Gasteiger partial charge in [-0.3, -0.25) is 9.59 Å². The van der Waals surface area contributed by atoms with Gasteiger partial charge in [-0.1, -0.05) is 16.5 Å². The Hall–Kier alpha value is -3.92. The van der Waals surface area contributed by atoms with E-state index in [-0.39, 0.29) is 46.5 Å². The van der Waals surface area contributed by atoms with Crippen molar-refractivity contribution in [2.45, 2.75) is 31.0 Å². The fourth-order valence-corrected chi connectivity index (χ4v) is 4.36. The smallest absolute Gasteiger partial charge is 0.272 e. The number of methoxy groups -OCH3 is 1. The van der Waals surface area contributed by atoms with Crippen LogP contribution in [0.25, 0.3) is 11.5 Å². The van der Waals surface area contributed by atoms with Gasteiger partial charge in [0, 0.05) is 12.0 Å². The molecule has 0 aliphatic heterocycles. The lowest BCUT2D eigenvalue weighted by molar-refractivity contribution is -0.117. The van der Waals surface area contributed by atoms with E-state index < -0.39 is 27.2 Å². The predicted molar refractivity (Wildman–Crippen MR) is 147 cm³/mol. The van der Waals surface area contributed by atoms with Crippen LogP contribution in [0.5, 0.6) is 5.75 Å². The quantitative estimate of drug-likeness (QED) is 0.233. The second-order valence-corrected chi connectivity index (χ2v) is 11.0. The first kappa shape index (κ1) is 29.1. The number of nitrogens with zero attached hydrogens (tertiary/aromatic N) is 4. The van der Waals surface area contributed by atoms with Crippen molar-refractivity contribution in [3.8, 4) is 17.2 Å². The van der Waals surface area contributed by atoms with Crippen molar-refractivity contribution in [2.75, 3.05) is 24.0 Å². The first-order valence-corrected chi connectivity index (χ1v) is 13.8. The highest BCUT2D eigenvalue weighted by Gasteiger charge is 2.30. The van der Waals surface area contributed by atoms with Gasteiger partial charge >= 0.3 is 0 Å². The molecule has 0 bridgehead atoms. The van der Waals surface area contributed by atoms with Gasteiger partial charge < -0.3 is 25.2 Å². The number of aromatic nitrogens is 4. The number of nitrogens with one attached hydrogen (secondary N) is 4. The number of ether oxygens (including phenoxy) is 1. The molecule has 6 radical (unpaired) electrons. The second-order valence-electron chi connectivity index (χ2n) is 9.22. The molecule has 4 rings (SSSR count). The summed E-state index contributed by atoms with van der Waals surface area (Å²) in [4.78, 5) is 29.4. The monoisotopic (exact) mass is 560 g/mol. The fraction of sp³-hybridized carbons (Fsp3) is 0.364. The van der Waals surface area contributed by atoms with Gasteiger partial charge in [0.15, 0.2) is 23.1 Å². The average molecular weight is 560 g/mol. The Kier molecular flexibility index (Phi) is 8.21. The second kappa shape index (κ2) is 11.3. The standard InChI is InChI=1S/C22H23B3N8O6S/c1-10(33-40(3,36)37)18-28-21(39-32-18)12-5-4-6-13(17(12)38-2)26-14-9-15(27-19(34)11-7-8-11)30-31-16(14)20(35)29-22(23,24)25/h4-6,9-11,33H,7-8H2,1-3H3,(H,29,35)(H2,26,27,30,34)/t10-/m0/s1. The summed E-state index contributed by atoms with van der Waals surface area (Å²) in [5, 5.41) is 17.6. The molecule has 18 heteroatoms. The molecule has 0 spiro atoms. The van der Waals surface area contributed by atoms with E-state index in [0.29, 0.717) is 11.3 Å². The van der Waals surface area contributed by atoms with Crippen LogP contribution in [0.15, 0.2) is 28.8 Å². The minimum atomic E-state index is -3.52. The lowest BCUT2D eigenvalue weighted by atomic mass is 9.49. The van der Waals surface area contributed by atoms with Gasteiger partial charge in [-0.15, -0.1) is 10.2 Å². The van der Waals surface area contributed by atoms with Crippen molar-refractivity contribution in [2.24, 2.45) is 5.92 Å². The largest absolute Gasteiger partial charge is 0.494 e. The van der Waals surface area contributed by atoms with Crippen molar-refractivity contribution in [1.29, 1.82) is 0 Å². The molecule has 202 valence electrons. The predicted octanol–water partition coefficient (Wildman–Crippen LogP) is 0.0841. The molecule has 2 aromatic heterocycles. The maximum Gasteiger partial charge on any atom is 0.272 e. The number of carbonyl (C=O) groups is 2. The van der Waals surface area contributed by atoms with Gasteiger partial charge in [0.1, 0.15) is 0 Å². The molecule has 0 saturated heterocycles. The first-order chi connectivity index (χ1) is 18.7. The lowest BCUT2D eigenvalue weighted by Gasteiger charge is -2.23. The topological polar surface area (TPSA) is 190 Å². The highest BCUT2D eigenvalue weighted by atomic mass is 32.2. The molecule has 1 saturated carbocycles. The van der Waals surface area contributed by atoms with Crippen molar-refractivity contribution in [3.05, 3.63) is 35.8 Å². The van der Waals surface area contributed by atoms with Crippen LogP contribution in [-0.2, 0) is 14.8 Å². The Balaban J connectivity index is 1.69. The van der Waals surface area contributed by atoms with Crippen LogP contribution < -0.4 is 25.4 Å². The Morgan fingerprint density at radius 2 is 1.90 bits per heavy atom. The SMILES string of the molecule is [B]C([B])([B])NC(=O)c1nnc(NC(=O)C2CC2)cc1Nc1cccc(-c2nc([C@H](C)NS(C)(=O)=O)no2)c1OC. The molecular formula is C22H23B3N8O6S. The summed E-state index contributed by atoms with van der Waals surface area (Å²) in [6.07, 6.45) is 2.57. The van der Waals surface area contributed by atoms with E-state index >= 15 is 0 Å². The minimum absolute atomic E-state index is 0.0417. The molecular weight excluding hydrogens is 537 g/mol. The third-order valence-corrected chi connectivity index (χ3v) is 6.26. The van der Waals surface area contributed by atoms with Crippen LogP contribution >= 0.6 is 0 Å². The number of anilines is 3. The molecule has 2 amide bonds. The molecule has 4 N–H and O–H groups in total. The van der Waals surface area contributed by atoms with Crippen LogP contribution in [0, 0.1) is 5.92 Å². The van der Waals surface area contributed by atoms with Crippen molar-refractivity contribution in [3.63, 3.8) is 0 Å². The molecule has 1 atom stereocenters. The first-order valence-electron chi connectivity index (χ1n) is 11.9. The molecule has 2 heterocycles. The molecule has 1 fully saturated rings. The van der Waals surface area contributed by atoms with E-state index in [0.717, 1.165) is 19.1 Å². The maximum absolute atomic E-state index is 12.8. The zero-order valence-corrected chi connectivity index (χ0v) is 22.6. The summed E-state index contributed by atoms with van der Waals surface area (Å²) < 4.78 is 36.5. The van der Waals surface area contributed by atoms with Gasteiger partial charge in [0.25, 0.3) is 11.8 Å². The number of hydrogen-bond acceptors (Lipinski definition) is 11. The highest BCUT2D eigenvalue weighted by Crippen LogP contribution is 2.38. The summed E-state index contributed by atoms with van der Waals surface area (Å²) in [7, 11) is 14.4. The number of carbonyl (C=O) groups excluding carboxylic acids is 2. The summed E-state index contributed by atoms with van der Waals surface area (Å²) >= 11 is 0. The minimum Gasteiger partial charge on any atom is -0.494 e. The van der Waals surface area contributed by atoms with E-state index in [2.05, 4.69) is 41.0 Å². The van der Waals surface area contributed by atoms with Gasteiger partial charge in [0.2, 0.25) is 15.9 Å². The number of para-hydroxylation sites is 1. The Labute approximate surface area is 234 Å². The Bertz CT molecular complexity index is 1540. The summed E-state index contributed by atoms with van der Waals surface area (Å²) in [6.45, 7) is 1.56. The Morgan fingerprint density at radius 3 is 2.52 bits per heavy atom. The Morgan fingerprint density at radius 1 is 1.18 bits per heavy atom. The van der Waals surface area contributed by atoms with Crippen molar-refractivity contribution < 1.29 is 27.3 Å². The summed E-state index contributed by atoms with van der Waals surface area (Å²) in [6, 6.07) is 5.58. The van der Waals surface area contributed by atoms with E-state index in [1.165, 1.54) is 13.2 Å². The van der Waals surface area contributed by atoms with Crippen LogP contribution in [-0.4, -0.2) is 82.7 Å². The van der Waals surface area contributed by atoms with Gasteiger partial charge in [-0.05, 0) is 31.9 Å². The van der Waals surface area contributed by atoms with Gasteiger partial charge in [-0.2, -0.15) is 4.98 Å². The number of hydrogen-bond donors (Lipinski definition) is 4. The number of amides is 2. The molecule has 1 aliphatic carbocycles. The van der Waals surface area contributed by atoms with E-state index in [4.69, 9.17) is 32.8 Å². The van der Waals surface area contributed by atoms with Crippen molar-refractivity contribution >= 4 is 62.6 Å². The molecule has 14 nitrogen and oxygen atoms in total. The van der Waals surface area contributed by atoms with Crippen LogP contribution in [0.4, 0.5) is 17.2 Å². The normalized spacial score (nSPS) is 14.3. The average Bonchev–Trinajstić information content (AvgIpc) is 3.58. The van der Waals surface area contributed by atoms with Gasteiger partial charge in [-0.25, -0.2) is 13.1 Å². The third-order valence-electron chi connectivity index (χ3n) is 5.48. The van der Waals surface area contributed by atoms with Crippen molar-refractivity contribution in [1.82, 2.24) is 30.4 Å². The van der Waals surface area contributed by atoms with Crippen LogP contribution in [0.1, 0.15) is 42.1 Å². The fourth-order valence-electron chi connectivity index (χ4n) is 3.61. The number of sulfonamides is 1. The van der Waals surface area contributed by atoms with E-state index in [1.54, 1.807) is 25.1 Å². The zero-order chi connectivity index (χ0) is 29.2. The summed E-state index contributed by atoms with van der Waals surface area (Å²) in [5.41, 5.74) is 0.569. The summed E-state index contributed by atoms with van der Waals surface area (Å²) in [5.74, 6) is -0.679. The van der Waals surface area contributed by atoms with E-state index in [9.17, 15) is 18.0 Å². The maximum atomic E-state index is 12.8.